The molecule has 2 rings (SSSR count). The third kappa shape index (κ3) is 3.81. The molecule has 3 nitrogen and oxygen atoms in total. The zero-order valence-corrected chi connectivity index (χ0v) is 12.2. The van der Waals surface area contributed by atoms with Gasteiger partial charge in [-0.05, 0) is 48.7 Å². The van der Waals surface area contributed by atoms with Crippen molar-refractivity contribution in [3.63, 3.8) is 0 Å². The standard InChI is InChI=1S/C17H19FN2O/c1-12-11-14(19-2)7-8-15(12)17(21)20-10-9-13-5-3-4-6-16(13)18/h3-8,11,19H,9-10H2,1-2H3,(H,20,21). The number of halogens is 1. The van der Waals surface area contributed by atoms with E-state index in [1.165, 1.54) is 6.07 Å². The van der Waals surface area contributed by atoms with Gasteiger partial charge in [0.15, 0.2) is 0 Å². The second kappa shape index (κ2) is 6.88. The van der Waals surface area contributed by atoms with Gasteiger partial charge in [0.25, 0.3) is 5.91 Å². The highest BCUT2D eigenvalue weighted by molar-refractivity contribution is 5.96. The van der Waals surface area contributed by atoms with Gasteiger partial charge in [-0.1, -0.05) is 18.2 Å². The highest BCUT2D eigenvalue weighted by Gasteiger charge is 2.09. The Kier molecular flexibility index (Phi) is 4.93. The van der Waals surface area contributed by atoms with E-state index in [1.54, 1.807) is 24.3 Å². The second-order valence-corrected chi connectivity index (χ2v) is 4.88. The number of carbonyl (C=O) groups excluding carboxylic acids is 1. The molecular weight excluding hydrogens is 267 g/mol. The van der Waals surface area contributed by atoms with E-state index in [9.17, 15) is 9.18 Å². The fourth-order valence-corrected chi connectivity index (χ4v) is 2.18. The second-order valence-electron chi connectivity index (χ2n) is 4.88. The predicted octanol–water partition coefficient (Wildman–Crippen LogP) is 3.15. The van der Waals surface area contributed by atoms with Crippen LogP contribution in [0.1, 0.15) is 21.5 Å². The number of anilines is 1. The fourth-order valence-electron chi connectivity index (χ4n) is 2.18. The Morgan fingerprint density at radius 2 is 1.95 bits per heavy atom. The zero-order chi connectivity index (χ0) is 15.2. The minimum absolute atomic E-state index is 0.133. The van der Waals surface area contributed by atoms with Crippen molar-refractivity contribution < 1.29 is 9.18 Å². The summed E-state index contributed by atoms with van der Waals surface area (Å²) in [5.41, 5.74) is 3.13. The molecule has 0 saturated heterocycles. The van der Waals surface area contributed by atoms with E-state index in [1.807, 2.05) is 26.1 Å². The summed E-state index contributed by atoms with van der Waals surface area (Å²) in [6.07, 6.45) is 0.478. The van der Waals surface area contributed by atoms with Crippen LogP contribution in [0.4, 0.5) is 10.1 Å². The average molecular weight is 286 g/mol. The number of amides is 1. The van der Waals surface area contributed by atoms with Crippen LogP contribution in [0, 0.1) is 12.7 Å². The smallest absolute Gasteiger partial charge is 0.251 e. The van der Waals surface area contributed by atoms with Crippen LogP contribution in [0.3, 0.4) is 0 Å². The zero-order valence-electron chi connectivity index (χ0n) is 12.2. The van der Waals surface area contributed by atoms with Crippen molar-refractivity contribution in [3.05, 3.63) is 65.0 Å². The molecule has 0 aliphatic rings. The van der Waals surface area contributed by atoms with Crippen LogP contribution in [-0.2, 0) is 6.42 Å². The van der Waals surface area contributed by atoms with Crippen LogP contribution in [0.15, 0.2) is 42.5 Å². The van der Waals surface area contributed by atoms with E-state index in [0.717, 1.165) is 11.3 Å². The summed E-state index contributed by atoms with van der Waals surface area (Å²) < 4.78 is 13.5. The maximum Gasteiger partial charge on any atom is 0.251 e. The lowest BCUT2D eigenvalue weighted by Gasteiger charge is -2.09. The van der Waals surface area contributed by atoms with Gasteiger partial charge in [-0.2, -0.15) is 0 Å². The van der Waals surface area contributed by atoms with Gasteiger partial charge in [0.2, 0.25) is 0 Å². The molecule has 0 unspecified atom stereocenters. The molecule has 0 fully saturated rings. The quantitative estimate of drug-likeness (QED) is 0.886. The van der Waals surface area contributed by atoms with Gasteiger partial charge in [0.1, 0.15) is 5.82 Å². The van der Waals surface area contributed by atoms with Crippen molar-refractivity contribution >= 4 is 11.6 Å². The van der Waals surface area contributed by atoms with Gasteiger partial charge < -0.3 is 10.6 Å². The molecule has 0 aromatic heterocycles. The van der Waals surface area contributed by atoms with Gasteiger partial charge in [-0.25, -0.2) is 4.39 Å². The van der Waals surface area contributed by atoms with Crippen LogP contribution in [0.25, 0.3) is 0 Å². The van der Waals surface area contributed by atoms with Crippen LogP contribution in [0.2, 0.25) is 0 Å². The first-order valence-electron chi connectivity index (χ1n) is 6.92. The van der Waals surface area contributed by atoms with E-state index in [-0.39, 0.29) is 11.7 Å². The summed E-state index contributed by atoms with van der Waals surface area (Å²) >= 11 is 0. The lowest BCUT2D eigenvalue weighted by atomic mass is 10.1. The van der Waals surface area contributed by atoms with Gasteiger partial charge in [0.05, 0.1) is 0 Å². The van der Waals surface area contributed by atoms with Gasteiger partial charge >= 0.3 is 0 Å². The molecule has 0 saturated carbocycles. The Morgan fingerprint density at radius 3 is 2.62 bits per heavy atom. The molecule has 0 aliphatic heterocycles. The SMILES string of the molecule is CNc1ccc(C(=O)NCCc2ccccc2F)c(C)c1. The van der Waals surface area contributed by atoms with Crippen LogP contribution in [0.5, 0.6) is 0 Å². The first-order chi connectivity index (χ1) is 10.1. The summed E-state index contributed by atoms with van der Waals surface area (Å²) in [5.74, 6) is -0.368. The van der Waals surface area contributed by atoms with E-state index in [2.05, 4.69) is 10.6 Å². The number of nitrogens with one attached hydrogen (secondary N) is 2. The normalized spacial score (nSPS) is 10.2. The maximum atomic E-state index is 13.5. The summed E-state index contributed by atoms with van der Waals surface area (Å²) in [6, 6.07) is 12.2. The van der Waals surface area contributed by atoms with Crippen molar-refractivity contribution in [1.29, 1.82) is 0 Å². The molecule has 110 valence electrons. The molecule has 0 radical (unpaired) electrons. The molecule has 0 atom stereocenters. The number of carbonyl (C=O) groups is 1. The highest BCUT2D eigenvalue weighted by Crippen LogP contribution is 2.14. The maximum absolute atomic E-state index is 13.5. The number of rotatable bonds is 5. The van der Waals surface area contributed by atoms with E-state index in [0.29, 0.717) is 24.1 Å². The molecule has 2 N–H and O–H groups in total. The fraction of sp³-hybridized carbons (Fsp3) is 0.235. The minimum Gasteiger partial charge on any atom is -0.388 e. The number of benzene rings is 2. The first kappa shape index (κ1) is 15.0. The molecule has 1 amide bonds. The molecule has 2 aromatic rings. The summed E-state index contributed by atoms with van der Waals surface area (Å²) in [4.78, 5) is 12.1. The summed E-state index contributed by atoms with van der Waals surface area (Å²) in [6.45, 7) is 2.31. The third-order valence-corrected chi connectivity index (χ3v) is 3.40. The molecule has 4 heteroatoms. The van der Waals surface area contributed by atoms with Gasteiger partial charge in [-0.3, -0.25) is 4.79 Å². The third-order valence-electron chi connectivity index (χ3n) is 3.40. The van der Waals surface area contributed by atoms with Crippen LogP contribution in [-0.4, -0.2) is 19.5 Å². The summed E-state index contributed by atoms with van der Waals surface area (Å²) in [5, 5.41) is 5.86. The topological polar surface area (TPSA) is 41.1 Å². The average Bonchev–Trinajstić information content (AvgIpc) is 2.48. The first-order valence-corrected chi connectivity index (χ1v) is 6.92. The summed E-state index contributed by atoms with van der Waals surface area (Å²) in [7, 11) is 1.84. The van der Waals surface area contributed by atoms with Crippen molar-refractivity contribution in [2.45, 2.75) is 13.3 Å². The van der Waals surface area contributed by atoms with Crippen LogP contribution >= 0.6 is 0 Å². The van der Waals surface area contributed by atoms with E-state index < -0.39 is 0 Å². The van der Waals surface area contributed by atoms with E-state index >= 15 is 0 Å². The van der Waals surface area contributed by atoms with Gasteiger partial charge in [0, 0.05) is 24.8 Å². The van der Waals surface area contributed by atoms with Gasteiger partial charge in [-0.15, -0.1) is 0 Å². The molecular formula is C17H19FN2O. The highest BCUT2D eigenvalue weighted by atomic mass is 19.1. The Bertz CT molecular complexity index is 640. The Labute approximate surface area is 124 Å². The Balaban J connectivity index is 1.95. The van der Waals surface area contributed by atoms with Crippen molar-refractivity contribution in [3.8, 4) is 0 Å². The lowest BCUT2D eigenvalue weighted by Crippen LogP contribution is -2.26. The number of aryl methyl sites for hydroxylation is 1. The number of hydrogen-bond donors (Lipinski definition) is 2. The van der Waals surface area contributed by atoms with Crippen molar-refractivity contribution in [2.24, 2.45) is 0 Å². The predicted molar refractivity (Wildman–Crippen MR) is 83.2 cm³/mol. The van der Waals surface area contributed by atoms with Crippen molar-refractivity contribution in [1.82, 2.24) is 5.32 Å². The molecule has 0 bridgehead atoms. The molecule has 21 heavy (non-hydrogen) atoms. The van der Waals surface area contributed by atoms with E-state index in [4.69, 9.17) is 0 Å². The van der Waals surface area contributed by atoms with Crippen LogP contribution < -0.4 is 10.6 Å². The molecule has 0 aliphatic carbocycles. The van der Waals surface area contributed by atoms with Crippen molar-refractivity contribution in [2.75, 3.05) is 18.9 Å². The Morgan fingerprint density at radius 1 is 1.19 bits per heavy atom. The number of hydrogen-bond acceptors (Lipinski definition) is 2. The molecule has 0 heterocycles. The lowest BCUT2D eigenvalue weighted by molar-refractivity contribution is 0.0953. The Hall–Kier alpha value is -2.36. The molecule has 0 spiro atoms. The monoisotopic (exact) mass is 286 g/mol. The largest absolute Gasteiger partial charge is 0.388 e. The molecule has 2 aromatic carbocycles. The minimum atomic E-state index is -0.235.